The van der Waals surface area contributed by atoms with Crippen LogP contribution in [0.5, 0.6) is 0 Å². The third kappa shape index (κ3) is 5.84. The highest BCUT2D eigenvalue weighted by atomic mass is 16.5. The minimum Gasteiger partial charge on any atom is -0.380 e. The van der Waals surface area contributed by atoms with Gasteiger partial charge in [-0.15, -0.1) is 0 Å². The first-order valence-corrected chi connectivity index (χ1v) is 7.09. The van der Waals surface area contributed by atoms with Crippen LogP contribution in [0.3, 0.4) is 0 Å². The van der Waals surface area contributed by atoms with Gasteiger partial charge in [-0.2, -0.15) is 0 Å². The molecule has 0 bridgehead atoms. The minimum absolute atomic E-state index is 0.384. The van der Waals surface area contributed by atoms with Crippen LogP contribution in [0.15, 0.2) is 0 Å². The molecule has 0 aromatic carbocycles. The predicted molar refractivity (Wildman–Crippen MR) is 73.4 cm³/mol. The Kier molecular flexibility index (Phi) is 6.45. The van der Waals surface area contributed by atoms with E-state index in [0.717, 1.165) is 26.3 Å². The molecular weight excluding hydrogens is 212 g/mol. The fraction of sp³-hybridized carbons (Fsp3) is 1.00. The van der Waals surface area contributed by atoms with Gasteiger partial charge in [-0.25, -0.2) is 0 Å². The molecule has 17 heavy (non-hydrogen) atoms. The topological polar surface area (TPSA) is 24.5 Å². The Hall–Kier alpha value is -0.120. The molecule has 0 aromatic rings. The van der Waals surface area contributed by atoms with Crippen molar-refractivity contribution in [1.29, 1.82) is 0 Å². The smallest absolute Gasteiger partial charge is 0.0593 e. The maximum atomic E-state index is 5.51. The van der Waals surface area contributed by atoms with Gasteiger partial charge in [0.05, 0.1) is 6.61 Å². The minimum atomic E-state index is 0.384. The molecular formula is C14H30N2O. The Morgan fingerprint density at radius 1 is 1.29 bits per heavy atom. The molecule has 0 aliphatic carbocycles. The third-order valence-electron chi connectivity index (χ3n) is 3.71. The van der Waals surface area contributed by atoms with Crippen molar-refractivity contribution in [3.05, 3.63) is 0 Å². The predicted octanol–water partition coefficient (Wildman–Crippen LogP) is 2.12. The first-order valence-electron chi connectivity index (χ1n) is 7.09. The molecule has 1 unspecified atom stereocenters. The molecule has 1 aliphatic rings. The lowest BCUT2D eigenvalue weighted by Gasteiger charge is -2.35. The summed E-state index contributed by atoms with van der Waals surface area (Å²) in [5, 5.41) is 3.58. The Morgan fingerprint density at radius 2 is 2.06 bits per heavy atom. The Morgan fingerprint density at radius 3 is 2.71 bits per heavy atom. The molecule has 1 heterocycles. The van der Waals surface area contributed by atoms with Crippen LogP contribution in [-0.2, 0) is 4.74 Å². The van der Waals surface area contributed by atoms with E-state index in [1.54, 1.807) is 0 Å². The normalized spacial score (nSPS) is 22.4. The SMILES string of the molecule is CCC(C)(CNC(C)C)CN1CCCOCC1. The van der Waals surface area contributed by atoms with E-state index in [1.165, 1.54) is 25.9 Å². The second kappa shape index (κ2) is 7.34. The molecule has 3 heteroatoms. The summed E-state index contributed by atoms with van der Waals surface area (Å²) in [4.78, 5) is 2.57. The van der Waals surface area contributed by atoms with Gasteiger partial charge in [-0.05, 0) is 18.3 Å². The maximum absolute atomic E-state index is 5.51. The van der Waals surface area contributed by atoms with Gasteiger partial charge in [0.25, 0.3) is 0 Å². The zero-order chi connectivity index (χ0) is 12.7. The number of ether oxygens (including phenoxy) is 1. The van der Waals surface area contributed by atoms with Crippen LogP contribution in [-0.4, -0.2) is 50.3 Å². The quantitative estimate of drug-likeness (QED) is 0.772. The van der Waals surface area contributed by atoms with E-state index < -0.39 is 0 Å². The maximum Gasteiger partial charge on any atom is 0.0593 e. The van der Waals surface area contributed by atoms with E-state index in [0.29, 0.717) is 11.5 Å². The molecule has 1 rings (SSSR count). The molecule has 0 saturated carbocycles. The number of nitrogens with zero attached hydrogens (tertiary/aromatic N) is 1. The Bertz CT molecular complexity index is 200. The summed E-state index contributed by atoms with van der Waals surface area (Å²) in [5.74, 6) is 0. The highest BCUT2D eigenvalue weighted by Gasteiger charge is 2.25. The van der Waals surface area contributed by atoms with E-state index in [4.69, 9.17) is 4.74 Å². The molecule has 0 aromatic heterocycles. The van der Waals surface area contributed by atoms with E-state index >= 15 is 0 Å². The zero-order valence-electron chi connectivity index (χ0n) is 12.1. The summed E-state index contributed by atoms with van der Waals surface area (Å²) < 4.78 is 5.51. The fourth-order valence-corrected chi connectivity index (χ4v) is 2.24. The van der Waals surface area contributed by atoms with Gasteiger partial charge < -0.3 is 15.0 Å². The van der Waals surface area contributed by atoms with Crippen LogP contribution >= 0.6 is 0 Å². The second-order valence-corrected chi connectivity index (χ2v) is 5.94. The van der Waals surface area contributed by atoms with Crippen LogP contribution < -0.4 is 5.32 Å². The van der Waals surface area contributed by atoms with Crippen molar-refractivity contribution in [2.45, 2.75) is 46.6 Å². The molecule has 1 N–H and O–H groups in total. The summed E-state index contributed by atoms with van der Waals surface area (Å²) in [5.41, 5.74) is 0.384. The monoisotopic (exact) mass is 242 g/mol. The lowest BCUT2D eigenvalue weighted by Crippen LogP contribution is -2.44. The average Bonchev–Trinajstić information content (AvgIpc) is 2.55. The van der Waals surface area contributed by atoms with Crippen LogP contribution in [0.25, 0.3) is 0 Å². The zero-order valence-corrected chi connectivity index (χ0v) is 12.1. The molecule has 0 amide bonds. The van der Waals surface area contributed by atoms with Gasteiger partial charge in [0, 0.05) is 38.8 Å². The number of hydrogen-bond donors (Lipinski definition) is 1. The molecule has 1 fully saturated rings. The summed E-state index contributed by atoms with van der Waals surface area (Å²) in [6, 6.07) is 0.577. The summed E-state index contributed by atoms with van der Waals surface area (Å²) in [7, 11) is 0. The molecule has 3 nitrogen and oxygen atoms in total. The first-order chi connectivity index (χ1) is 8.06. The molecule has 1 atom stereocenters. The van der Waals surface area contributed by atoms with Crippen molar-refractivity contribution >= 4 is 0 Å². The number of rotatable bonds is 6. The highest BCUT2D eigenvalue weighted by molar-refractivity contribution is 4.81. The van der Waals surface area contributed by atoms with E-state index in [-0.39, 0.29) is 0 Å². The Labute approximate surface area is 107 Å². The number of hydrogen-bond acceptors (Lipinski definition) is 3. The van der Waals surface area contributed by atoms with Crippen molar-refractivity contribution in [3.63, 3.8) is 0 Å². The largest absolute Gasteiger partial charge is 0.380 e. The van der Waals surface area contributed by atoms with Crippen LogP contribution in [0.4, 0.5) is 0 Å². The standard InChI is InChI=1S/C14H30N2O/c1-5-14(4,11-15-13(2)3)12-16-7-6-9-17-10-8-16/h13,15H,5-12H2,1-4H3. The van der Waals surface area contributed by atoms with E-state index in [1.807, 2.05) is 0 Å². The van der Waals surface area contributed by atoms with Crippen LogP contribution in [0.1, 0.15) is 40.5 Å². The van der Waals surface area contributed by atoms with Gasteiger partial charge in [-0.1, -0.05) is 27.7 Å². The van der Waals surface area contributed by atoms with Crippen LogP contribution in [0, 0.1) is 5.41 Å². The van der Waals surface area contributed by atoms with Gasteiger partial charge in [0.1, 0.15) is 0 Å². The Balaban J connectivity index is 2.42. The fourth-order valence-electron chi connectivity index (χ4n) is 2.24. The average molecular weight is 242 g/mol. The number of nitrogens with one attached hydrogen (secondary N) is 1. The molecule has 102 valence electrons. The summed E-state index contributed by atoms with van der Waals surface area (Å²) in [6.07, 6.45) is 2.40. The van der Waals surface area contributed by atoms with Crippen molar-refractivity contribution in [1.82, 2.24) is 10.2 Å². The third-order valence-corrected chi connectivity index (χ3v) is 3.71. The van der Waals surface area contributed by atoms with Gasteiger partial charge in [-0.3, -0.25) is 0 Å². The van der Waals surface area contributed by atoms with Crippen LogP contribution in [0.2, 0.25) is 0 Å². The molecule has 1 aliphatic heterocycles. The van der Waals surface area contributed by atoms with E-state index in [2.05, 4.69) is 37.9 Å². The van der Waals surface area contributed by atoms with Crippen molar-refractivity contribution in [2.24, 2.45) is 5.41 Å². The van der Waals surface area contributed by atoms with Crippen molar-refractivity contribution < 1.29 is 4.74 Å². The lowest BCUT2D eigenvalue weighted by atomic mass is 9.86. The first kappa shape index (κ1) is 14.9. The van der Waals surface area contributed by atoms with E-state index in [9.17, 15) is 0 Å². The van der Waals surface area contributed by atoms with Crippen molar-refractivity contribution in [3.8, 4) is 0 Å². The highest BCUT2D eigenvalue weighted by Crippen LogP contribution is 2.22. The second-order valence-electron chi connectivity index (χ2n) is 5.94. The summed E-state index contributed by atoms with van der Waals surface area (Å²) >= 11 is 0. The van der Waals surface area contributed by atoms with Gasteiger partial charge >= 0.3 is 0 Å². The molecule has 0 radical (unpaired) electrons. The molecule has 1 saturated heterocycles. The van der Waals surface area contributed by atoms with Crippen molar-refractivity contribution in [2.75, 3.05) is 39.4 Å². The summed E-state index contributed by atoms with van der Waals surface area (Å²) in [6.45, 7) is 15.6. The lowest BCUT2D eigenvalue weighted by molar-refractivity contribution is 0.123. The van der Waals surface area contributed by atoms with Gasteiger partial charge in [0.15, 0.2) is 0 Å². The van der Waals surface area contributed by atoms with Gasteiger partial charge in [0.2, 0.25) is 0 Å². The molecule has 0 spiro atoms.